The number of rotatable bonds is 17. The molecule has 0 radical (unpaired) electrons. The number of aromatic carboxylic acids is 1. The number of aliphatic hydroxyl groups is 3. The van der Waals surface area contributed by atoms with E-state index in [1.807, 2.05) is 50.4 Å². The van der Waals surface area contributed by atoms with Gasteiger partial charge in [-0.3, -0.25) is 14.4 Å². The van der Waals surface area contributed by atoms with E-state index in [1.165, 1.54) is 34.3 Å². The summed E-state index contributed by atoms with van der Waals surface area (Å²) >= 11 is 0. The number of nitrogens with zero attached hydrogens (tertiary/aromatic N) is 2. The third-order valence-electron chi connectivity index (χ3n) is 17.3. The number of esters is 1. The fraction of sp³-hybridized carbons (Fsp3) is 0.772. The minimum absolute atomic E-state index is 0.00300. The second-order valence-corrected chi connectivity index (χ2v) is 23.5. The first-order valence-electron chi connectivity index (χ1n) is 28.0. The lowest BCUT2D eigenvalue weighted by Crippen LogP contribution is -2.62. The maximum absolute atomic E-state index is 14.6. The number of ether oxygens (including phenoxy) is 9. The molecule has 22 nitrogen and oxygen atoms in total. The molecule has 1 amide bonds. The normalized spacial score (nSPS) is 37.8. The summed E-state index contributed by atoms with van der Waals surface area (Å²) in [6.07, 6.45) is -7.63. The Morgan fingerprint density at radius 1 is 0.886 bits per heavy atom. The number of hydrogen-bond acceptors (Lipinski definition) is 19. The van der Waals surface area contributed by atoms with Gasteiger partial charge in [0.1, 0.15) is 34.8 Å². The largest absolute Gasteiger partial charge is 0.477 e. The van der Waals surface area contributed by atoms with Crippen molar-refractivity contribution in [3.63, 3.8) is 0 Å². The number of carbonyl (C=O) groups excluding carboxylic acids is 3. The first-order valence-corrected chi connectivity index (χ1v) is 28.0. The Balaban J connectivity index is 1.16. The molecule has 2 aromatic rings. The Morgan fingerprint density at radius 2 is 1.54 bits per heavy atom. The van der Waals surface area contributed by atoms with Crippen molar-refractivity contribution in [3.05, 3.63) is 39.7 Å². The number of ketones is 1. The second kappa shape index (κ2) is 26.3. The molecule has 0 aliphatic carbocycles. The molecule has 0 bridgehead atoms. The van der Waals surface area contributed by atoms with E-state index in [9.17, 15) is 44.4 Å². The van der Waals surface area contributed by atoms with Crippen molar-refractivity contribution in [2.75, 3.05) is 59.9 Å². The Bertz CT molecular complexity index is 2510. The minimum Gasteiger partial charge on any atom is -0.477 e. The van der Waals surface area contributed by atoms with E-state index in [4.69, 9.17) is 42.6 Å². The first-order chi connectivity index (χ1) is 37.0. The van der Waals surface area contributed by atoms with Crippen LogP contribution in [-0.2, 0) is 58.6 Å². The zero-order valence-electron chi connectivity index (χ0n) is 48.9. The maximum atomic E-state index is 14.6. The van der Waals surface area contributed by atoms with Crippen LogP contribution in [0.3, 0.4) is 0 Å². The summed E-state index contributed by atoms with van der Waals surface area (Å²) in [7, 11) is 6.69. The standard InChI is InChI=1S/C57H90N4O18/c1-16-41-57(11,70)48(65)32(5)44(62)29(2)26-55(9,71-14)49(78-53-46(64)40(60(12)13)23-31(4)74-53)33(6)47(34(7)52(68)76-41)77-42-27-56(10,72-15)50(35(8)75-42)79-54(69)59-20-22-73-21-19-58-37-24-36-18-17-30(3)61-28-39(51(66)67)45(63)38(25-37)43(36)61/h24-25,28-35,40-42,46-50,53,58,64-65,70H,16-23,26-27H2,1-15H3,(H,59,69)(H,66,67)/t29-,30?,31-,32+,33+,34-,35+,40+,41-,42+,46-,47+,48-,49-,50+,53+,55-,56-,57-/m1/s1. The summed E-state index contributed by atoms with van der Waals surface area (Å²) in [6, 6.07) is 3.35. The lowest BCUT2D eigenvalue weighted by Gasteiger charge is -2.50. The van der Waals surface area contributed by atoms with Gasteiger partial charge in [0.05, 0.1) is 60.8 Å². The molecule has 6 N–H and O–H groups in total. The van der Waals surface area contributed by atoms with Gasteiger partial charge in [0.25, 0.3) is 0 Å². The molecule has 3 fully saturated rings. The van der Waals surface area contributed by atoms with Crippen LogP contribution in [0.5, 0.6) is 0 Å². The number of methoxy groups -OCH3 is 2. The predicted molar refractivity (Wildman–Crippen MR) is 291 cm³/mol. The summed E-state index contributed by atoms with van der Waals surface area (Å²) in [5, 5.41) is 51.3. The topological polar surface area (TPSA) is 282 Å². The highest BCUT2D eigenvalue weighted by atomic mass is 16.7. The van der Waals surface area contributed by atoms with Crippen LogP contribution in [0.15, 0.2) is 23.1 Å². The van der Waals surface area contributed by atoms with E-state index in [-0.39, 0.29) is 68.6 Å². The summed E-state index contributed by atoms with van der Waals surface area (Å²) in [4.78, 5) is 69.2. The van der Waals surface area contributed by atoms with Gasteiger partial charge < -0.3 is 83.2 Å². The Labute approximate surface area is 464 Å². The van der Waals surface area contributed by atoms with Gasteiger partial charge >= 0.3 is 18.0 Å². The fourth-order valence-corrected chi connectivity index (χ4v) is 12.4. The Morgan fingerprint density at radius 3 is 2.18 bits per heavy atom. The van der Waals surface area contributed by atoms with E-state index in [0.717, 1.165) is 23.9 Å². The maximum Gasteiger partial charge on any atom is 0.407 e. The molecule has 1 aromatic heterocycles. The van der Waals surface area contributed by atoms with Crippen LogP contribution in [0, 0.1) is 23.7 Å². The van der Waals surface area contributed by atoms with E-state index < -0.39 is 119 Å². The smallest absolute Gasteiger partial charge is 0.407 e. The van der Waals surface area contributed by atoms with Gasteiger partial charge in [-0.05, 0) is 112 Å². The van der Waals surface area contributed by atoms with Crippen molar-refractivity contribution < 1.29 is 82.2 Å². The van der Waals surface area contributed by atoms with Crippen molar-refractivity contribution in [2.24, 2.45) is 23.7 Å². The van der Waals surface area contributed by atoms with Crippen LogP contribution >= 0.6 is 0 Å². The molecule has 19 atom stereocenters. The number of anilines is 1. The molecule has 4 aliphatic heterocycles. The van der Waals surface area contributed by atoms with Gasteiger partial charge in [-0.25, -0.2) is 9.59 Å². The van der Waals surface area contributed by atoms with Crippen LogP contribution in [0.4, 0.5) is 10.5 Å². The van der Waals surface area contributed by atoms with Crippen molar-refractivity contribution in [1.82, 2.24) is 14.8 Å². The lowest BCUT2D eigenvalue weighted by molar-refractivity contribution is -0.319. The third-order valence-corrected chi connectivity index (χ3v) is 17.3. The number of aromatic nitrogens is 1. The molecule has 6 rings (SSSR count). The van der Waals surface area contributed by atoms with Crippen molar-refractivity contribution >= 4 is 40.4 Å². The number of benzene rings is 1. The molecule has 1 aromatic carbocycles. The van der Waals surface area contributed by atoms with E-state index >= 15 is 0 Å². The van der Waals surface area contributed by atoms with Gasteiger partial charge in [0.15, 0.2) is 18.7 Å². The number of aryl methyl sites for hydroxylation is 1. The molecular weight excluding hydrogens is 1030 g/mol. The number of aliphatic hydroxyl groups excluding tert-OH is 2. The molecule has 4 aliphatic rings. The number of carboxylic acids is 1. The summed E-state index contributed by atoms with van der Waals surface area (Å²) in [6.45, 7) is 19.7. The predicted octanol–water partition coefficient (Wildman–Crippen LogP) is 4.82. The quantitative estimate of drug-likeness (QED) is 0.0914. The van der Waals surface area contributed by atoms with Crippen molar-refractivity contribution in [3.8, 4) is 0 Å². The molecule has 0 spiro atoms. The third kappa shape index (κ3) is 14.0. The van der Waals surface area contributed by atoms with Crippen LogP contribution in [0.25, 0.3) is 10.9 Å². The molecule has 5 heterocycles. The second-order valence-electron chi connectivity index (χ2n) is 23.5. The summed E-state index contributed by atoms with van der Waals surface area (Å²) in [5.74, 6) is -6.16. The van der Waals surface area contributed by atoms with Gasteiger partial charge in [-0.2, -0.15) is 0 Å². The average molecular weight is 1120 g/mol. The number of likely N-dealkylation sites (N-methyl/N-ethyl adjacent to an activating group) is 1. The number of cyclic esters (lactones) is 1. The van der Waals surface area contributed by atoms with Crippen molar-refractivity contribution in [1.29, 1.82) is 0 Å². The molecule has 22 heteroatoms. The zero-order valence-corrected chi connectivity index (χ0v) is 48.9. The van der Waals surface area contributed by atoms with Crippen LogP contribution in [0.1, 0.15) is 130 Å². The number of carbonyl (C=O) groups is 4. The highest BCUT2D eigenvalue weighted by Crippen LogP contribution is 2.43. The zero-order chi connectivity index (χ0) is 58.6. The summed E-state index contributed by atoms with van der Waals surface area (Å²) < 4.78 is 58.8. The van der Waals surface area contributed by atoms with Crippen LogP contribution in [0.2, 0.25) is 0 Å². The van der Waals surface area contributed by atoms with Crippen LogP contribution in [-0.4, -0.2) is 193 Å². The average Bonchev–Trinajstić information content (AvgIpc) is 3.61. The fourth-order valence-electron chi connectivity index (χ4n) is 12.4. The number of amides is 1. The SMILES string of the molecule is CC[C@H]1OC(=O)[C@H](C)[C@@H](O[C@H]2C[C@@](C)(OC)[C@@H](OC(=O)NCCOCCNc3cc4c5c(c3)c(=O)c(C(=O)O)cn5C(C)CC4)[C@H](C)O2)[C@H](C)[C@@H](O[C@@H]2O[C@H](C)C[C@H](N(C)C)[C@H]2O)[C@](C)(OC)C[C@@H](C)C(=O)[C@H](C)[C@@H](O)[C@]1(C)O. The summed E-state index contributed by atoms with van der Waals surface area (Å²) in [5.41, 5.74) is -3.01. The van der Waals surface area contributed by atoms with Gasteiger partial charge in [0, 0.05) is 80.8 Å². The lowest BCUT2D eigenvalue weighted by atomic mass is 9.74. The van der Waals surface area contributed by atoms with Gasteiger partial charge in [0.2, 0.25) is 5.43 Å². The number of alkyl carbamates (subject to hydrolysis) is 1. The molecule has 0 saturated carbocycles. The van der Waals surface area contributed by atoms with E-state index in [1.54, 1.807) is 47.6 Å². The minimum atomic E-state index is -2.04. The first kappa shape index (κ1) is 63.8. The van der Waals surface area contributed by atoms with Gasteiger partial charge in [-0.15, -0.1) is 0 Å². The highest BCUT2D eigenvalue weighted by Gasteiger charge is 2.55. The molecule has 3 saturated heterocycles. The van der Waals surface area contributed by atoms with Crippen LogP contribution < -0.4 is 16.1 Å². The Kier molecular flexibility index (Phi) is 21.2. The number of nitrogens with one attached hydrogen (secondary N) is 2. The number of Topliss-reactive ketones (excluding diaryl/α,β-unsaturated/α-hetero) is 1. The molecule has 446 valence electrons. The van der Waals surface area contributed by atoms with E-state index in [2.05, 4.69) is 10.6 Å². The number of pyridine rings is 1. The number of hydrogen-bond donors (Lipinski definition) is 6. The van der Waals surface area contributed by atoms with Crippen molar-refractivity contribution in [2.45, 2.75) is 205 Å². The highest BCUT2D eigenvalue weighted by molar-refractivity contribution is 5.95. The Hall–Kier alpha value is -4.33. The molecular formula is C57H90N4O18. The molecule has 1 unspecified atom stereocenters. The monoisotopic (exact) mass is 1120 g/mol. The van der Waals surface area contributed by atoms with E-state index in [0.29, 0.717) is 24.0 Å². The molecule has 79 heavy (non-hydrogen) atoms. The van der Waals surface area contributed by atoms with Gasteiger partial charge in [-0.1, -0.05) is 27.7 Å². The number of carboxylic acid groups (broad SMARTS) is 1.